The first-order chi connectivity index (χ1) is 12.2. The zero-order valence-corrected chi connectivity index (χ0v) is 16.1. The molecular weight excluding hydrogens is 358 g/mol. The summed E-state index contributed by atoms with van der Waals surface area (Å²) in [6.45, 7) is 1.80. The smallest absolute Gasteiger partial charge is 0.309 e. The maximum Gasteiger partial charge on any atom is 0.309 e. The van der Waals surface area contributed by atoms with E-state index in [1.165, 1.54) is 33.3 Å². The number of piperidine rings is 1. The average molecular weight is 384 g/mol. The van der Waals surface area contributed by atoms with E-state index in [9.17, 15) is 18.0 Å². The lowest BCUT2D eigenvalue weighted by molar-refractivity contribution is -0.897. The van der Waals surface area contributed by atoms with Gasteiger partial charge in [0.05, 0.1) is 31.0 Å². The predicted molar refractivity (Wildman–Crippen MR) is 96.2 cm³/mol. The SMILES string of the molecule is COC(=O)C1CC[NH+](CC(=O)Nc2ccc(S(=O)(=O)N(C)C)cc2)CC1. The number of anilines is 1. The third kappa shape index (κ3) is 5.03. The number of hydrogen-bond donors (Lipinski definition) is 2. The summed E-state index contributed by atoms with van der Waals surface area (Å²) >= 11 is 0. The van der Waals surface area contributed by atoms with Crippen molar-refractivity contribution >= 4 is 27.6 Å². The summed E-state index contributed by atoms with van der Waals surface area (Å²) in [6, 6.07) is 6.10. The number of esters is 1. The molecule has 0 atom stereocenters. The Bertz CT molecular complexity index is 738. The predicted octanol–water partition coefficient (Wildman–Crippen LogP) is -0.657. The Kier molecular flexibility index (Phi) is 6.74. The zero-order chi connectivity index (χ0) is 19.3. The van der Waals surface area contributed by atoms with E-state index in [1.807, 2.05) is 0 Å². The molecule has 1 aliphatic rings. The van der Waals surface area contributed by atoms with Gasteiger partial charge in [-0.1, -0.05) is 0 Å². The average Bonchev–Trinajstić information content (AvgIpc) is 2.62. The summed E-state index contributed by atoms with van der Waals surface area (Å²) in [6.07, 6.45) is 1.43. The van der Waals surface area contributed by atoms with E-state index in [0.717, 1.165) is 22.3 Å². The fraction of sp³-hybridized carbons (Fsp3) is 0.529. The van der Waals surface area contributed by atoms with Crippen LogP contribution in [0.25, 0.3) is 0 Å². The number of likely N-dealkylation sites (tertiary alicyclic amines) is 1. The second kappa shape index (κ2) is 8.61. The van der Waals surface area contributed by atoms with Gasteiger partial charge in [0.25, 0.3) is 5.91 Å². The number of carbonyl (C=O) groups excluding carboxylic acids is 2. The fourth-order valence-electron chi connectivity index (χ4n) is 2.96. The molecule has 0 bridgehead atoms. The Balaban J connectivity index is 1.86. The number of hydrogen-bond acceptors (Lipinski definition) is 5. The van der Waals surface area contributed by atoms with Crippen LogP contribution in [0.2, 0.25) is 0 Å². The van der Waals surface area contributed by atoms with Crippen molar-refractivity contribution in [2.75, 3.05) is 46.2 Å². The fourth-order valence-corrected chi connectivity index (χ4v) is 3.86. The highest BCUT2D eigenvalue weighted by Crippen LogP contribution is 2.16. The van der Waals surface area contributed by atoms with Gasteiger partial charge in [0.1, 0.15) is 0 Å². The molecule has 0 aliphatic carbocycles. The van der Waals surface area contributed by atoms with Crippen molar-refractivity contribution in [2.24, 2.45) is 5.92 Å². The molecule has 1 aromatic rings. The monoisotopic (exact) mass is 384 g/mol. The first-order valence-corrected chi connectivity index (χ1v) is 9.92. The van der Waals surface area contributed by atoms with Crippen molar-refractivity contribution in [3.05, 3.63) is 24.3 Å². The van der Waals surface area contributed by atoms with E-state index in [1.54, 1.807) is 12.1 Å². The molecule has 0 aromatic heterocycles. The Labute approximate surface area is 154 Å². The molecule has 0 radical (unpaired) electrons. The second-order valence-corrected chi connectivity index (χ2v) is 8.74. The van der Waals surface area contributed by atoms with Crippen LogP contribution < -0.4 is 10.2 Å². The molecule has 1 amide bonds. The van der Waals surface area contributed by atoms with Gasteiger partial charge >= 0.3 is 5.97 Å². The molecule has 0 saturated carbocycles. The first kappa shape index (κ1) is 20.3. The lowest BCUT2D eigenvalue weighted by Crippen LogP contribution is -3.14. The van der Waals surface area contributed by atoms with Crippen molar-refractivity contribution < 1.29 is 27.6 Å². The summed E-state index contributed by atoms with van der Waals surface area (Å²) in [5, 5.41) is 2.78. The molecule has 0 spiro atoms. The van der Waals surface area contributed by atoms with Gasteiger partial charge in [0.15, 0.2) is 6.54 Å². The van der Waals surface area contributed by atoms with E-state index in [-0.39, 0.29) is 22.7 Å². The Morgan fingerprint density at radius 1 is 1.19 bits per heavy atom. The number of quaternary nitrogens is 1. The van der Waals surface area contributed by atoms with Gasteiger partial charge in [-0.15, -0.1) is 0 Å². The van der Waals surface area contributed by atoms with Gasteiger partial charge in [-0.3, -0.25) is 9.59 Å². The Morgan fingerprint density at radius 2 is 1.77 bits per heavy atom. The van der Waals surface area contributed by atoms with Crippen LogP contribution in [0.4, 0.5) is 5.69 Å². The maximum absolute atomic E-state index is 12.2. The molecule has 26 heavy (non-hydrogen) atoms. The number of ether oxygens (including phenoxy) is 1. The molecule has 8 nitrogen and oxygen atoms in total. The van der Waals surface area contributed by atoms with E-state index in [2.05, 4.69) is 5.32 Å². The van der Waals surface area contributed by atoms with Gasteiger partial charge in [0.2, 0.25) is 10.0 Å². The number of nitrogens with zero attached hydrogens (tertiary/aromatic N) is 1. The van der Waals surface area contributed by atoms with Crippen LogP contribution in [-0.4, -0.2) is 65.4 Å². The number of carbonyl (C=O) groups is 2. The third-order valence-corrected chi connectivity index (χ3v) is 6.38. The van der Waals surface area contributed by atoms with Gasteiger partial charge in [-0.05, 0) is 24.3 Å². The summed E-state index contributed by atoms with van der Waals surface area (Å²) in [4.78, 5) is 25.0. The molecule has 1 heterocycles. The summed E-state index contributed by atoms with van der Waals surface area (Å²) in [5.41, 5.74) is 0.552. The molecule has 2 N–H and O–H groups in total. The minimum atomic E-state index is -3.48. The molecule has 0 unspecified atom stereocenters. The number of nitrogens with one attached hydrogen (secondary N) is 2. The number of methoxy groups -OCH3 is 1. The van der Waals surface area contributed by atoms with E-state index < -0.39 is 10.0 Å². The summed E-state index contributed by atoms with van der Waals surface area (Å²) < 4.78 is 30.0. The van der Waals surface area contributed by atoms with E-state index >= 15 is 0 Å². The van der Waals surface area contributed by atoms with Crippen molar-refractivity contribution in [2.45, 2.75) is 17.7 Å². The Hall–Kier alpha value is -1.97. The normalized spacial score (nSPS) is 20.6. The van der Waals surface area contributed by atoms with Gasteiger partial charge in [-0.25, -0.2) is 12.7 Å². The maximum atomic E-state index is 12.2. The quantitative estimate of drug-likeness (QED) is 0.635. The van der Waals surface area contributed by atoms with Crippen LogP contribution in [0.1, 0.15) is 12.8 Å². The summed E-state index contributed by atoms with van der Waals surface area (Å²) in [5.74, 6) is -0.390. The number of benzene rings is 1. The molecule has 1 fully saturated rings. The minimum Gasteiger partial charge on any atom is -0.469 e. The lowest BCUT2D eigenvalue weighted by atomic mass is 9.97. The first-order valence-electron chi connectivity index (χ1n) is 8.48. The van der Waals surface area contributed by atoms with Crippen LogP contribution in [0, 0.1) is 5.92 Å². The van der Waals surface area contributed by atoms with Gasteiger partial charge in [0, 0.05) is 32.6 Å². The highest BCUT2D eigenvalue weighted by molar-refractivity contribution is 7.89. The molecular formula is C17H26N3O5S+. The van der Waals surface area contributed by atoms with Crippen molar-refractivity contribution in [1.82, 2.24) is 4.31 Å². The molecule has 9 heteroatoms. The standard InChI is InChI=1S/C17H25N3O5S/c1-19(2)26(23,24)15-6-4-14(5-7-15)18-16(21)12-20-10-8-13(9-11-20)17(22)25-3/h4-7,13H,8-12H2,1-3H3,(H,18,21)/p+1. The highest BCUT2D eigenvalue weighted by Gasteiger charge is 2.29. The lowest BCUT2D eigenvalue weighted by Gasteiger charge is -2.27. The Morgan fingerprint density at radius 3 is 2.27 bits per heavy atom. The molecule has 1 saturated heterocycles. The van der Waals surface area contributed by atoms with Crippen molar-refractivity contribution in [3.63, 3.8) is 0 Å². The summed E-state index contributed by atoms with van der Waals surface area (Å²) in [7, 11) is 0.851. The van der Waals surface area contributed by atoms with E-state index in [4.69, 9.17) is 4.74 Å². The number of rotatable bonds is 6. The van der Waals surface area contributed by atoms with E-state index in [0.29, 0.717) is 25.1 Å². The topological polar surface area (TPSA) is 97.2 Å². The second-order valence-electron chi connectivity index (χ2n) is 6.58. The molecule has 144 valence electrons. The van der Waals surface area contributed by atoms with Crippen LogP contribution in [0.5, 0.6) is 0 Å². The van der Waals surface area contributed by atoms with Crippen LogP contribution in [0.15, 0.2) is 29.2 Å². The number of sulfonamides is 1. The zero-order valence-electron chi connectivity index (χ0n) is 15.3. The third-order valence-electron chi connectivity index (χ3n) is 4.55. The minimum absolute atomic E-state index is 0.0713. The van der Waals surface area contributed by atoms with Crippen molar-refractivity contribution in [3.8, 4) is 0 Å². The van der Waals surface area contributed by atoms with Crippen molar-refractivity contribution in [1.29, 1.82) is 0 Å². The van der Waals surface area contributed by atoms with Crippen LogP contribution >= 0.6 is 0 Å². The number of amides is 1. The highest BCUT2D eigenvalue weighted by atomic mass is 32.2. The van der Waals surface area contributed by atoms with Gasteiger partial charge < -0.3 is 15.0 Å². The van der Waals surface area contributed by atoms with Crippen LogP contribution in [0.3, 0.4) is 0 Å². The van der Waals surface area contributed by atoms with Gasteiger partial charge in [-0.2, -0.15) is 0 Å². The van der Waals surface area contributed by atoms with Crippen LogP contribution in [-0.2, 0) is 24.3 Å². The molecule has 2 rings (SSSR count). The molecule has 1 aromatic carbocycles. The largest absolute Gasteiger partial charge is 0.469 e. The molecule has 1 aliphatic heterocycles.